The highest BCUT2D eigenvalue weighted by Gasteiger charge is 2.51. The number of hydrogen-bond acceptors (Lipinski definition) is 12. The Morgan fingerprint density at radius 1 is 1.00 bits per heavy atom. The van der Waals surface area contributed by atoms with Gasteiger partial charge in [0.15, 0.2) is 18.4 Å². The van der Waals surface area contributed by atoms with Crippen molar-refractivity contribution in [2.45, 2.75) is 51.7 Å². The number of fused-ring (bicyclic) bond motifs is 1. The van der Waals surface area contributed by atoms with E-state index in [1.54, 1.807) is 28.3 Å². The minimum absolute atomic E-state index is 0.0709. The first-order valence-electron chi connectivity index (χ1n) is 13.5. The van der Waals surface area contributed by atoms with Crippen LogP contribution in [0.1, 0.15) is 37.4 Å². The number of rotatable bonds is 9. The van der Waals surface area contributed by atoms with Crippen LogP contribution in [0.4, 0.5) is 18.9 Å². The average Bonchev–Trinajstić information content (AvgIpc) is 3.68. The highest BCUT2D eigenvalue weighted by Crippen LogP contribution is 2.40. The number of nitrogens with one attached hydrogen (secondary N) is 1. The normalized spacial score (nSPS) is 19.4. The van der Waals surface area contributed by atoms with Crippen molar-refractivity contribution in [1.82, 2.24) is 14.5 Å². The second-order valence-electron chi connectivity index (χ2n) is 9.89. The van der Waals surface area contributed by atoms with Crippen LogP contribution >= 0.6 is 11.3 Å². The van der Waals surface area contributed by atoms with Crippen LogP contribution in [-0.2, 0) is 33.3 Å². The van der Waals surface area contributed by atoms with Crippen LogP contribution in [0.15, 0.2) is 54.3 Å². The summed E-state index contributed by atoms with van der Waals surface area (Å²) in [5, 5.41) is 4.89. The molecule has 4 atom stereocenters. The summed E-state index contributed by atoms with van der Waals surface area (Å²) < 4.78 is 65.7. The Labute approximate surface area is 262 Å². The Morgan fingerprint density at radius 2 is 1.74 bits per heavy atom. The Morgan fingerprint density at radius 3 is 2.43 bits per heavy atom. The smallest absolute Gasteiger partial charge is 0.463 e. The molecule has 4 aromatic rings. The lowest BCUT2D eigenvalue weighted by Gasteiger charge is -2.24. The number of hydrogen-bond donors (Lipinski definition) is 1. The first kappa shape index (κ1) is 32.4. The molecule has 1 fully saturated rings. The topological polar surface area (TPSA) is 157 Å². The molecule has 0 spiro atoms. The number of amides is 1. The fourth-order valence-electron chi connectivity index (χ4n) is 4.89. The van der Waals surface area contributed by atoms with Gasteiger partial charge in [0.2, 0.25) is 0 Å². The van der Waals surface area contributed by atoms with Crippen molar-refractivity contribution in [2.75, 3.05) is 11.9 Å². The van der Waals surface area contributed by atoms with Gasteiger partial charge in [-0.3, -0.25) is 19.2 Å². The van der Waals surface area contributed by atoms with E-state index >= 15 is 0 Å². The molecule has 1 N–H and O–H groups in total. The third kappa shape index (κ3) is 7.26. The molecule has 0 unspecified atom stereocenters. The van der Waals surface area contributed by atoms with Crippen molar-refractivity contribution < 1.29 is 56.0 Å². The zero-order valence-electron chi connectivity index (χ0n) is 24.3. The van der Waals surface area contributed by atoms with Crippen LogP contribution < -0.4 is 10.1 Å². The van der Waals surface area contributed by atoms with Gasteiger partial charge in [0, 0.05) is 37.9 Å². The molecule has 0 bridgehead atoms. The Hall–Kier alpha value is -5.03. The summed E-state index contributed by atoms with van der Waals surface area (Å²) in [6.45, 7) is 3.28. The number of thiophene rings is 1. The fourth-order valence-corrected chi connectivity index (χ4v) is 5.75. The molecular weight excluding hydrogens is 637 g/mol. The lowest BCUT2D eigenvalue weighted by Crippen LogP contribution is -2.40. The lowest BCUT2D eigenvalue weighted by atomic mass is 10.1. The van der Waals surface area contributed by atoms with Crippen LogP contribution in [0.2, 0.25) is 0 Å². The number of anilines is 1. The van der Waals surface area contributed by atoms with E-state index in [9.17, 15) is 32.3 Å². The zero-order valence-corrected chi connectivity index (χ0v) is 25.1. The largest absolute Gasteiger partial charge is 0.573 e. The molecule has 242 valence electrons. The van der Waals surface area contributed by atoms with Gasteiger partial charge in [-0.2, -0.15) is 0 Å². The molecule has 5 rings (SSSR count). The molecule has 0 radical (unpaired) electrons. The molecule has 1 amide bonds. The van der Waals surface area contributed by atoms with E-state index in [1.807, 2.05) is 0 Å². The fraction of sp³-hybridized carbons (Fsp3) is 0.310. The predicted molar refractivity (Wildman–Crippen MR) is 154 cm³/mol. The Balaban J connectivity index is 1.46. The van der Waals surface area contributed by atoms with Crippen molar-refractivity contribution in [3.05, 3.63) is 59.9 Å². The second kappa shape index (κ2) is 13.1. The van der Waals surface area contributed by atoms with Gasteiger partial charge in [0.1, 0.15) is 30.4 Å². The van der Waals surface area contributed by atoms with Crippen LogP contribution in [0.5, 0.6) is 5.75 Å². The average molecular weight is 663 g/mol. The standard InChI is InChI=1S/C29H25F3N4O9S/c1-14(37)41-12-21-23(42-15(2)38)24(43-16(3)39)28(44-21)36-9-7-19-22(33-13-34-26(19)36)25-20(8-10-46-25)35-27(40)17-5-4-6-18(11-17)45-29(30,31)32/h4-11,13,21,23-24,28H,12H2,1-3H3,(H,35,40)/t21-,23-,24-,28-/m0/s1. The van der Waals surface area contributed by atoms with Gasteiger partial charge in [-0.25, -0.2) is 9.97 Å². The number of esters is 3. The third-order valence-electron chi connectivity index (χ3n) is 6.58. The van der Waals surface area contributed by atoms with Crippen molar-refractivity contribution in [2.24, 2.45) is 0 Å². The molecule has 1 aliphatic heterocycles. The van der Waals surface area contributed by atoms with E-state index in [0.717, 1.165) is 12.1 Å². The Kier molecular flexibility index (Phi) is 9.24. The number of halogens is 3. The Bertz CT molecular complexity index is 1790. The molecule has 0 saturated carbocycles. The van der Waals surface area contributed by atoms with Crippen molar-refractivity contribution in [1.29, 1.82) is 0 Å². The van der Waals surface area contributed by atoms with Gasteiger partial charge >= 0.3 is 24.3 Å². The number of alkyl halides is 3. The number of benzene rings is 1. The van der Waals surface area contributed by atoms with Crippen LogP contribution in [-0.4, -0.2) is 69.6 Å². The highest BCUT2D eigenvalue weighted by molar-refractivity contribution is 7.14. The van der Waals surface area contributed by atoms with Gasteiger partial charge in [0.25, 0.3) is 5.91 Å². The van der Waals surface area contributed by atoms with Gasteiger partial charge in [-0.1, -0.05) is 6.07 Å². The number of carbonyl (C=O) groups excluding carboxylic acids is 4. The van der Waals surface area contributed by atoms with E-state index in [0.29, 0.717) is 27.3 Å². The second-order valence-corrected chi connectivity index (χ2v) is 10.8. The summed E-state index contributed by atoms with van der Waals surface area (Å²) in [6.07, 6.45) is -6.37. The maximum atomic E-state index is 13.0. The van der Waals surface area contributed by atoms with Gasteiger partial charge in [0.05, 0.1) is 16.3 Å². The first-order valence-corrected chi connectivity index (χ1v) is 14.4. The summed E-state index contributed by atoms with van der Waals surface area (Å²) in [5.41, 5.74) is 0.984. The van der Waals surface area contributed by atoms with Gasteiger partial charge in [-0.15, -0.1) is 24.5 Å². The van der Waals surface area contributed by atoms with Crippen LogP contribution in [0, 0.1) is 0 Å². The molecule has 46 heavy (non-hydrogen) atoms. The quantitative estimate of drug-likeness (QED) is 0.197. The van der Waals surface area contributed by atoms with E-state index in [2.05, 4.69) is 20.0 Å². The third-order valence-corrected chi connectivity index (χ3v) is 7.50. The van der Waals surface area contributed by atoms with Gasteiger partial charge in [-0.05, 0) is 35.7 Å². The van der Waals surface area contributed by atoms with Crippen molar-refractivity contribution >= 4 is 51.9 Å². The summed E-state index contributed by atoms with van der Waals surface area (Å²) in [5.74, 6) is -3.17. The number of carbonyl (C=O) groups is 4. The minimum Gasteiger partial charge on any atom is -0.463 e. The summed E-state index contributed by atoms with van der Waals surface area (Å²) >= 11 is 1.24. The molecule has 1 saturated heterocycles. The number of nitrogens with zero attached hydrogens (tertiary/aromatic N) is 3. The van der Waals surface area contributed by atoms with E-state index in [-0.39, 0.29) is 12.2 Å². The SMILES string of the molecule is CC(=O)OC[C@@H]1O[C@H](n2ccc3c(-c4sccc4NC(=O)c4cccc(OC(F)(F)F)c4)ncnc32)[C@@H](OC(C)=O)[C@H]1OC(C)=O. The van der Waals surface area contributed by atoms with Crippen LogP contribution in [0.3, 0.4) is 0 Å². The van der Waals surface area contributed by atoms with Crippen LogP contribution in [0.25, 0.3) is 21.6 Å². The molecule has 17 heteroatoms. The molecule has 1 aromatic carbocycles. The zero-order chi connectivity index (χ0) is 33.2. The first-order chi connectivity index (χ1) is 21.8. The van der Waals surface area contributed by atoms with E-state index in [4.69, 9.17) is 18.9 Å². The number of ether oxygens (including phenoxy) is 5. The van der Waals surface area contributed by atoms with E-state index < -0.39 is 60.5 Å². The maximum absolute atomic E-state index is 13.0. The van der Waals surface area contributed by atoms with Gasteiger partial charge < -0.3 is 33.6 Å². The molecular formula is C29H25F3N4O9S. The predicted octanol–water partition coefficient (Wildman–Crippen LogP) is 4.63. The summed E-state index contributed by atoms with van der Waals surface area (Å²) in [7, 11) is 0. The number of aromatic nitrogens is 3. The molecule has 3 aromatic heterocycles. The molecule has 13 nitrogen and oxygen atoms in total. The lowest BCUT2D eigenvalue weighted by molar-refractivity contribution is -0.274. The summed E-state index contributed by atoms with van der Waals surface area (Å²) in [6, 6.07) is 7.93. The molecule has 1 aliphatic rings. The monoisotopic (exact) mass is 662 g/mol. The molecule has 0 aliphatic carbocycles. The summed E-state index contributed by atoms with van der Waals surface area (Å²) in [4.78, 5) is 57.8. The highest BCUT2D eigenvalue weighted by atomic mass is 32.1. The van der Waals surface area contributed by atoms with Crippen molar-refractivity contribution in [3.63, 3.8) is 0 Å². The van der Waals surface area contributed by atoms with Crippen molar-refractivity contribution in [3.8, 4) is 16.3 Å². The minimum atomic E-state index is -4.92. The van der Waals surface area contributed by atoms with E-state index in [1.165, 1.54) is 50.6 Å². The maximum Gasteiger partial charge on any atom is 0.573 e. The molecule has 4 heterocycles.